The normalized spacial score (nSPS) is 22.6. The van der Waals surface area contributed by atoms with E-state index in [1.165, 1.54) is 12.8 Å². The molecule has 0 saturated carbocycles. The Kier molecular flexibility index (Phi) is 5.58. The molecule has 90 valence electrons. The van der Waals surface area contributed by atoms with Crippen LogP contribution in [0.25, 0.3) is 0 Å². The van der Waals surface area contributed by atoms with Gasteiger partial charge in [-0.2, -0.15) is 0 Å². The fourth-order valence-corrected chi connectivity index (χ4v) is 2.12. The Balaban J connectivity index is 2.32. The first-order valence-electron chi connectivity index (χ1n) is 6.14. The molecule has 0 bridgehead atoms. The lowest BCUT2D eigenvalue weighted by atomic mass is 9.81. The number of aliphatic hydroxyl groups excluding tert-OH is 1. The molecule has 1 unspecified atom stereocenters. The highest BCUT2D eigenvalue weighted by atomic mass is 16.5. The van der Waals surface area contributed by atoms with Crippen LogP contribution in [0.1, 0.15) is 39.5 Å². The predicted molar refractivity (Wildman–Crippen MR) is 61.9 cm³/mol. The summed E-state index contributed by atoms with van der Waals surface area (Å²) >= 11 is 0. The van der Waals surface area contributed by atoms with Crippen LogP contribution >= 0.6 is 0 Å². The van der Waals surface area contributed by atoms with E-state index in [-0.39, 0.29) is 12.0 Å². The van der Waals surface area contributed by atoms with Crippen LogP contribution in [-0.4, -0.2) is 37.5 Å². The quantitative estimate of drug-likeness (QED) is 0.706. The standard InChI is InChI=1S/C12H25NO2/c1-3-4-11(2)13-9-12(10-14)5-7-15-8-6-12/h11,13-14H,3-10H2,1-2H3. The van der Waals surface area contributed by atoms with Gasteiger partial charge in [0, 0.05) is 31.2 Å². The highest BCUT2D eigenvalue weighted by Crippen LogP contribution is 2.29. The summed E-state index contributed by atoms with van der Waals surface area (Å²) in [4.78, 5) is 0. The SMILES string of the molecule is CCCC(C)NCC1(CO)CCOCC1. The van der Waals surface area contributed by atoms with Crippen molar-refractivity contribution in [1.29, 1.82) is 0 Å². The fourth-order valence-electron chi connectivity index (χ4n) is 2.12. The average Bonchev–Trinajstić information content (AvgIpc) is 2.28. The van der Waals surface area contributed by atoms with E-state index in [1.54, 1.807) is 0 Å². The van der Waals surface area contributed by atoms with E-state index in [4.69, 9.17) is 4.74 Å². The molecule has 1 rings (SSSR count). The molecular weight excluding hydrogens is 190 g/mol. The van der Waals surface area contributed by atoms with Gasteiger partial charge in [-0.25, -0.2) is 0 Å². The van der Waals surface area contributed by atoms with Crippen molar-refractivity contribution in [2.75, 3.05) is 26.4 Å². The van der Waals surface area contributed by atoms with Crippen LogP contribution in [0.3, 0.4) is 0 Å². The van der Waals surface area contributed by atoms with E-state index in [0.29, 0.717) is 6.04 Å². The van der Waals surface area contributed by atoms with Crippen LogP contribution in [0, 0.1) is 5.41 Å². The van der Waals surface area contributed by atoms with E-state index in [1.807, 2.05) is 0 Å². The lowest BCUT2D eigenvalue weighted by molar-refractivity contribution is -0.0164. The summed E-state index contributed by atoms with van der Waals surface area (Å²) in [6.45, 7) is 7.22. The molecule has 0 spiro atoms. The minimum Gasteiger partial charge on any atom is -0.396 e. The smallest absolute Gasteiger partial charge is 0.0501 e. The molecule has 1 heterocycles. The zero-order valence-electron chi connectivity index (χ0n) is 10.1. The summed E-state index contributed by atoms with van der Waals surface area (Å²) in [5.41, 5.74) is 0.0697. The fraction of sp³-hybridized carbons (Fsp3) is 1.00. The Morgan fingerprint density at radius 3 is 2.60 bits per heavy atom. The van der Waals surface area contributed by atoms with Gasteiger partial charge in [-0.1, -0.05) is 13.3 Å². The zero-order chi connectivity index (χ0) is 11.1. The van der Waals surface area contributed by atoms with Gasteiger partial charge in [-0.05, 0) is 26.2 Å². The molecule has 1 fully saturated rings. The van der Waals surface area contributed by atoms with Crippen LogP contribution < -0.4 is 5.32 Å². The van der Waals surface area contributed by atoms with Gasteiger partial charge >= 0.3 is 0 Å². The second kappa shape index (κ2) is 6.46. The molecule has 3 nitrogen and oxygen atoms in total. The molecule has 0 aliphatic carbocycles. The lowest BCUT2D eigenvalue weighted by Gasteiger charge is -2.36. The first-order valence-corrected chi connectivity index (χ1v) is 6.14. The first kappa shape index (κ1) is 12.9. The summed E-state index contributed by atoms with van der Waals surface area (Å²) in [5, 5.41) is 13.0. The van der Waals surface area contributed by atoms with Crippen LogP contribution in [0.15, 0.2) is 0 Å². The largest absolute Gasteiger partial charge is 0.396 e. The van der Waals surface area contributed by atoms with Crippen molar-refractivity contribution in [2.24, 2.45) is 5.41 Å². The van der Waals surface area contributed by atoms with Crippen molar-refractivity contribution in [2.45, 2.75) is 45.6 Å². The topological polar surface area (TPSA) is 41.5 Å². The molecule has 0 aromatic rings. The third-order valence-corrected chi connectivity index (χ3v) is 3.44. The number of hydrogen-bond donors (Lipinski definition) is 2. The third kappa shape index (κ3) is 4.09. The maximum atomic E-state index is 9.49. The second-order valence-corrected chi connectivity index (χ2v) is 4.84. The summed E-state index contributed by atoms with van der Waals surface area (Å²) < 4.78 is 5.34. The van der Waals surface area contributed by atoms with Gasteiger partial charge in [0.1, 0.15) is 0 Å². The van der Waals surface area contributed by atoms with Gasteiger partial charge in [0.15, 0.2) is 0 Å². The average molecular weight is 215 g/mol. The number of hydrogen-bond acceptors (Lipinski definition) is 3. The highest BCUT2D eigenvalue weighted by molar-refractivity contribution is 4.84. The Hall–Kier alpha value is -0.120. The summed E-state index contributed by atoms with van der Waals surface area (Å²) in [7, 11) is 0. The molecule has 2 N–H and O–H groups in total. The van der Waals surface area contributed by atoms with Crippen molar-refractivity contribution >= 4 is 0 Å². The molecule has 0 aromatic carbocycles. The second-order valence-electron chi connectivity index (χ2n) is 4.84. The van der Waals surface area contributed by atoms with E-state index < -0.39 is 0 Å². The van der Waals surface area contributed by atoms with Gasteiger partial charge in [0.2, 0.25) is 0 Å². The number of ether oxygens (including phenoxy) is 1. The van der Waals surface area contributed by atoms with Crippen molar-refractivity contribution in [3.63, 3.8) is 0 Å². The molecule has 0 amide bonds. The van der Waals surface area contributed by atoms with Crippen LogP contribution in [0.2, 0.25) is 0 Å². The number of nitrogens with one attached hydrogen (secondary N) is 1. The van der Waals surface area contributed by atoms with Crippen molar-refractivity contribution in [3.8, 4) is 0 Å². The predicted octanol–water partition coefficient (Wildman–Crippen LogP) is 1.55. The maximum absolute atomic E-state index is 9.49. The Labute approximate surface area is 93.2 Å². The Morgan fingerprint density at radius 2 is 2.07 bits per heavy atom. The van der Waals surface area contributed by atoms with Crippen LogP contribution in [-0.2, 0) is 4.74 Å². The highest BCUT2D eigenvalue weighted by Gasteiger charge is 2.31. The lowest BCUT2D eigenvalue weighted by Crippen LogP contribution is -2.44. The number of aliphatic hydroxyl groups is 1. The summed E-state index contributed by atoms with van der Waals surface area (Å²) in [6.07, 6.45) is 4.38. The van der Waals surface area contributed by atoms with E-state index in [9.17, 15) is 5.11 Å². The molecule has 3 heteroatoms. The minimum absolute atomic E-state index is 0.0697. The maximum Gasteiger partial charge on any atom is 0.0501 e. The third-order valence-electron chi connectivity index (χ3n) is 3.44. The van der Waals surface area contributed by atoms with E-state index >= 15 is 0 Å². The molecule has 1 atom stereocenters. The van der Waals surface area contributed by atoms with Gasteiger partial charge in [0.25, 0.3) is 0 Å². The molecule has 1 aliphatic heterocycles. The van der Waals surface area contributed by atoms with E-state index in [2.05, 4.69) is 19.2 Å². The molecule has 1 saturated heterocycles. The summed E-state index contributed by atoms with van der Waals surface area (Å²) in [5.74, 6) is 0. The first-order chi connectivity index (χ1) is 7.22. The van der Waals surface area contributed by atoms with Gasteiger partial charge in [0.05, 0.1) is 6.61 Å². The van der Waals surface area contributed by atoms with Crippen molar-refractivity contribution < 1.29 is 9.84 Å². The van der Waals surface area contributed by atoms with Crippen LogP contribution in [0.5, 0.6) is 0 Å². The molecule has 0 radical (unpaired) electrons. The van der Waals surface area contributed by atoms with Crippen molar-refractivity contribution in [1.82, 2.24) is 5.32 Å². The zero-order valence-corrected chi connectivity index (χ0v) is 10.1. The van der Waals surface area contributed by atoms with Gasteiger partial charge in [-0.15, -0.1) is 0 Å². The molecule has 15 heavy (non-hydrogen) atoms. The minimum atomic E-state index is 0.0697. The van der Waals surface area contributed by atoms with Gasteiger partial charge < -0.3 is 15.2 Å². The van der Waals surface area contributed by atoms with Crippen LogP contribution in [0.4, 0.5) is 0 Å². The molecule has 1 aliphatic rings. The Morgan fingerprint density at radius 1 is 1.40 bits per heavy atom. The van der Waals surface area contributed by atoms with Crippen molar-refractivity contribution in [3.05, 3.63) is 0 Å². The molecular formula is C12H25NO2. The van der Waals surface area contributed by atoms with Gasteiger partial charge in [-0.3, -0.25) is 0 Å². The number of rotatable bonds is 6. The van der Waals surface area contributed by atoms with E-state index in [0.717, 1.165) is 32.6 Å². The Bertz CT molecular complexity index is 167. The summed E-state index contributed by atoms with van der Waals surface area (Å²) in [6, 6.07) is 0.557. The molecule has 0 aromatic heterocycles. The monoisotopic (exact) mass is 215 g/mol.